The molecule has 0 N–H and O–H groups in total. The standard InChI is InChI=1S/C12H13N5O5/c1-7-4-8(2)16(14-7)10(18)6-22-12(19)11-9(17(20)21)5-13-15(11)3/h4-5H,6H2,1-3H3. The van der Waals surface area contributed by atoms with E-state index in [1.165, 1.54) is 7.05 Å². The molecule has 0 saturated carbocycles. The third kappa shape index (κ3) is 2.85. The molecule has 0 fully saturated rings. The molecule has 0 saturated heterocycles. The minimum atomic E-state index is -0.999. The number of nitro groups is 1. The monoisotopic (exact) mass is 307 g/mol. The van der Waals surface area contributed by atoms with Gasteiger partial charge in [0.25, 0.3) is 5.91 Å². The van der Waals surface area contributed by atoms with Gasteiger partial charge < -0.3 is 4.74 Å². The largest absolute Gasteiger partial charge is 0.451 e. The molecule has 10 heteroatoms. The number of hydrogen-bond donors (Lipinski definition) is 0. The van der Waals surface area contributed by atoms with Gasteiger partial charge >= 0.3 is 11.7 Å². The van der Waals surface area contributed by atoms with E-state index in [1.54, 1.807) is 19.9 Å². The molecule has 0 unspecified atom stereocenters. The van der Waals surface area contributed by atoms with Crippen molar-refractivity contribution in [1.82, 2.24) is 19.6 Å². The van der Waals surface area contributed by atoms with Gasteiger partial charge in [-0.15, -0.1) is 0 Å². The molecule has 0 radical (unpaired) electrons. The number of carbonyl (C=O) groups excluding carboxylic acids is 2. The zero-order valence-electron chi connectivity index (χ0n) is 12.1. The molecule has 2 aromatic rings. The number of esters is 1. The predicted molar refractivity (Wildman–Crippen MR) is 72.5 cm³/mol. The molecule has 0 aliphatic carbocycles. The van der Waals surface area contributed by atoms with Crippen LogP contribution >= 0.6 is 0 Å². The van der Waals surface area contributed by atoms with E-state index in [4.69, 9.17) is 4.74 Å². The van der Waals surface area contributed by atoms with Crippen molar-refractivity contribution < 1.29 is 19.2 Å². The third-order valence-corrected chi connectivity index (χ3v) is 2.88. The number of aryl methyl sites for hydroxylation is 3. The first-order chi connectivity index (χ1) is 10.3. The van der Waals surface area contributed by atoms with E-state index >= 15 is 0 Å². The Labute approximate surface area is 124 Å². The number of aromatic nitrogens is 4. The van der Waals surface area contributed by atoms with E-state index in [2.05, 4.69) is 10.2 Å². The van der Waals surface area contributed by atoms with Gasteiger partial charge in [0, 0.05) is 12.7 Å². The Kier molecular flexibility index (Phi) is 4.02. The Bertz CT molecular complexity index is 760. The SMILES string of the molecule is Cc1cc(C)n(C(=O)COC(=O)c2c([N+](=O)[O-])cnn2C)n1. The Morgan fingerprint density at radius 2 is 2.09 bits per heavy atom. The Hall–Kier alpha value is -3.04. The van der Waals surface area contributed by atoms with Crippen molar-refractivity contribution >= 4 is 17.6 Å². The summed E-state index contributed by atoms with van der Waals surface area (Å²) in [6.45, 7) is 2.83. The fraction of sp³-hybridized carbons (Fsp3) is 0.333. The molecule has 0 amide bonds. The Morgan fingerprint density at radius 1 is 1.41 bits per heavy atom. The van der Waals surface area contributed by atoms with Crippen LogP contribution in [-0.4, -0.2) is 43.0 Å². The Balaban J connectivity index is 2.11. The zero-order chi connectivity index (χ0) is 16.4. The molecule has 2 rings (SSSR count). The van der Waals surface area contributed by atoms with Crippen molar-refractivity contribution in [3.05, 3.63) is 39.5 Å². The highest BCUT2D eigenvalue weighted by molar-refractivity contribution is 5.93. The van der Waals surface area contributed by atoms with Crippen LogP contribution in [0.15, 0.2) is 12.3 Å². The van der Waals surface area contributed by atoms with Gasteiger partial charge in [-0.25, -0.2) is 9.48 Å². The summed E-state index contributed by atoms with van der Waals surface area (Å²) in [5.74, 6) is -1.55. The molecule has 10 nitrogen and oxygen atoms in total. The van der Waals surface area contributed by atoms with Crippen LogP contribution in [0.3, 0.4) is 0 Å². The number of ether oxygens (including phenoxy) is 1. The second-order valence-corrected chi connectivity index (χ2v) is 4.57. The predicted octanol–water partition coefficient (Wildman–Crippen LogP) is 0.639. The van der Waals surface area contributed by atoms with Crippen LogP contribution < -0.4 is 0 Å². The lowest BCUT2D eigenvalue weighted by molar-refractivity contribution is -0.385. The fourth-order valence-electron chi connectivity index (χ4n) is 1.93. The van der Waals surface area contributed by atoms with Gasteiger partial charge in [0.05, 0.1) is 10.6 Å². The zero-order valence-corrected chi connectivity index (χ0v) is 12.1. The van der Waals surface area contributed by atoms with Gasteiger partial charge in [0.1, 0.15) is 6.20 Å². The molecule has 2 aromatic heterocycles. The number of rotatable bonds is 4. The second kappa shape index (κ2) is 5.76. The van der Waals surface area contributed by atoms with Crippen molar-refractivity contribution in [2.75, 3.05) is 6.61 Å². The first-order valence-electron chi connectivity index (χ1n) is 6.21. The van der Waals surface area contributed by atoms with Crippen LogP contribution in [0.4, 0.5) is 5.69 Å². The summed E-state index contributed by atoms with van der Waals surface area (Å²) < 4.78 is 6.96. The lowest BCUT2D eigenvalue weighted by atomic mass is 10.4. The molecule has 116 valence electrons. The number of hydrogen-bond acceptors (Lipinski definition) is 7. The molecular formula is C12H13N5O5. The van der Waals surface area contributed by atoms with Crippen LogP contribution in [0.25, 0.3) is 0 Å². The summed E-state index contributed by atoms with van der Waals surface area (Å²) in [5.41, 5.74) is 0.446. The van der Waals surface area contributed by atoms with Crippen molar-refractivity contribution in [2.45, 2.75) is 13.8 Å². The van der Waals surface area contributed by atoms with Gasteiger partial charge in [-0.3, -0.25) is 19.6 Å². The second-order valence-electron chi connectivity index (χ2n) is 4.57. The van der Waals surface area contributed by atoms with Gasteiger partial charge in [0.15, 0.2) is 6.61 Å². The lowest BCUT2D eigenvalue weighted by Crippen LogP contribution is -2.23. The molecule has 0 bridgehead atoms. The van der Waals surface area contributed by atoms with Crippen LogP contribution in [0.5, 0.6) is 0 Å². The summed E-state index contributed by atoms with van der Waals surface area (Å²) in [6, 6.07) is 1.70. The lowest BCUT2D eigenvalue weighted by Gasteiger charge is -2.05. The average Bonchev–Trinajstić information content (AvgIpc) is 2.98. The molecule has 2 heterocycles. The molecule has 0 aliphatic rings. The summed E-state index contributed by atoms with van der Waals surface area (Å²) in [6.07, 6.45) is 0.944. The minimum absolute atomic E-state index is 0.328. The highest BCUT2D eigenvalue weighted by atomic mass is 16.6. The normalized spacial score (nSPS) is 10.5. The van der Waals surface area contributed by atoms with Gasteiger partial charge in [-0.1, -0.05) is 0 Å². The van der Waals surface area contributed by atoms with Gasteiger partial charge in [-0.2, -0.15) is 10.2 Å². The van der Waals surface area contributed by atoms with E-state index < -0.39 is 29.1 Å². The molecule has 0 atom stereocenters. The highest BCUT2D eigenvalue weighted by Crippen LogP contribution is 2.17. The smallest absolute Gasteiger partial charge is 0.364 e. The molecule has 0 aliphatic heterocycles. The van der Waals surface area contributed by atoms with Crippen molar-refractivity contribution in [1.29, 1.82) is 0 Å². The molecule has 0 spiro atoms. The van der Waals surface area contributed by atoms with E-state index in [1.807, 2.05) is 0 Å². The first kappa shape index (κ1) is 15.4. The van der Waals surface area contributed by atoms with Gasteiger partial charge in [-0.05, 0) is 19.9 Å². The van der Waals surface area contributed by atoms with Crippen LogP contribution in [0, 0.1) is 24.0 Å². The average molecular weight is 307 g/mol. The quantitative estimate of drug-likeness (QED) is 0.461. The highest BCUT2D eigenvalue weighted by Gasteiger charge is 2.27. The maximum absolute atomic E-state index is 11.9. The van der Waals surface area contributed by atoms with Crippen LogP contribution in [0.2, 0.25) is 0 Å². The van der Waals surface area contributed by atoms with E-state index in [0.29, 0.717) is 11.4 Å². The number of carbonyl (C=O) groups is 2. The number of nitrogens with zero attached hydrogens (tertiary/aromatic N) is 5. The maximum atomic E-state index is 11.9. The van der Waals surface area contributed by atoms with Crippen LogP contribution in [-0.2, 0) is 11.8 Å². The van der Waals surface area contributed by atoms with Gasteiger partial charge in [0.2, 0.25) is 5.69 Å². The van der Waals surface area contributed by atoms with Crippen LogP contribution in [0.1, 0.15) is 26.7 Å². The topological polar surface area (TPSA) is 122 Å². The molecule has 22 heavy (non-hydrogen) atoms. The summed E-state index contributed by atoms with van der Waals surface area (Å²) >= 11 is 0. The van der Waals surface area contributed by atoms with Crippen molar-refractivity contribution in [2.24, 2.45) is 7.05 Å². The summed E-state index contributed by atoms with van der Waals surface area (Å²) in [5, 5.41) is 18.4. The fourth-order valence-corrected chi connectivity index (χ4v) is 1.93. The molecular weight excluding hydrogens is 294 g/mol. The Morgan fingerprint density at radius 3 is 2.64 bits per heavy atom. The molecule has 0 aromatic carbocycles. The summed E-state index contributed by atoms with van der Waals surface area (Å²) in [4.78, 5) is 33.9. The van der Waals surface area contributed by atoms with E-state index in [0.717, 1.165) is 15.6 Å². The minimum Gasteiger partial charge on any atom is -0.451 e. The third-order valence-electron chi connectivity index (χ3n) is 2.88. The van der Waals surface area contributed by atoms with Crippen molar-refractivity contribution in [3.8, 4) is 0 Å². The first-order valence-corrected chi connectivity index (χ1v) is 6.21. The van der Waals surface area contributed by atoms with Crippen molar-refractivity contribution in [3.63, 3.8) is 0 Å². The van der Waals surface area contributed by atoms with E-state index in [9.17, 15) is 19.7 Å². The maximum Gasteiger partial charge on any atom is 0.364 e. The van der Waals surface area contributed by atoms with E-state index in [-0.39, 0.29) is 5.69 Å². The summed E-state index contributed by atoms with van der Waals surface area (Å²) in [7, 11) is 1.37.